The molecule has 0 atom stereocenters. The normalized spacial score (nSPS) is 10.2. The maximum Gasteiger partial charge on any atom is 0.269 e. The number of nitro groups is 1. The van der Waals surface area contributed by atoms with Crippen molar-refractivity contribution in [3.8, 4) is 5.75 Å². The van der Waals surface area contributed by atoms with Crippen molar-refractivity contribution in [1.29, 1.82) is 0 Å². The molecule has 1 amide bonds. The van der Waals surface area contributed by atoms with Gasteiger partial charge in [-0.05, 0) is 37.1 Å². The molecule has 0 aliphatic rings. The van der Waals surface area contributed by atoms with Gasteiger partial charge in [0, 0.05) is 30.8 Å². The molecule has 0 aliphatic heterocycles. The molecule has 2 rings (SSSR count). The number of hydrogen-bond acceptors (Lipinski definition) is 5. The Bertz CT molecular complexity index is 732. The Morgan fingerprint density at radius 3 is 2.54 bits per heavy atom. The first kappa shape index (κ1) is 19.2. The first-order valence-electron chi connectivity index (χ1n) is 8.50. The number of anilines is 1. The molecule has 2 aromatic rings. The molecule has 0 saturated carbocycles. The summed E-state index contributed by atoms with van der Waals surface area (Å²) >= 11 is 0. The number of hydrogen-bond donors (Lipinski definition) is 2. The summed E-state index contributed by atoms with van der Waals surface area (Å²) in [7, 11) is 0. The highest BCUT2D eigenvalue weighted by molar-refractivity contribution is 5.75. The number of nitro benzene ring substituents is 1. The minimum Gasteiger partial charge on any atom is -0.491 e. The zero-order valence-corrected chi connectivity index (χ0v) is 14.7. The number of carbonyl (C=O) groups is 1. The van der Waals surface area contributed by atoms with Crippen molar-refractivity contribution >= 4 is 17.3 Å². The topological polar surface area (TPSA) is 93.5 Å². The summed E-state index contributed by atoms with van der Waals surface area (Å²) in [6, 6.07) is 14.0. The van der Waals surface area contributed by atoms with Gasteiger partial charge in [0.25, 0.3) is 5.69 Å². The largest absolute Gasteiger partial charge is 0.491 e. The Morgan fingerprint density at radius 1 is 1.12 bits per heavy atom. The van der Waals surface area contributed by atoms with Crippen LogP contribution < -0.4 is 15.4 Å². The average molecular weight is 357 g/mol. The number of ether oxygens (including phenoxy) is 1. The second-order valence-corrected chi connectivity index (χ2v) is 5.80. The van der Waals surface area contributed by atoms with E-state index in [1.54, 1.807) is 12.1 Å². The molecule has 7 heteroatoms. The van der Waals surface area contributed by atoms with Gasteiger partial charge in [-0.2, -0.15) is 0 Å². The Labute approximate surface area is 152 Å². The predicted octanol–water partition coefficient (Wildman–Crippen LogP) is 3.29. The quantitative estimate of drug-likeness (QED) is 0.387. The molecule has 2 aromatic carbocycles. The lowest BCUT2D eigenvalue weighted by Gasteiger charge is -2.10. The molecule has 0 saturated heterocycles. The van der Waals surface area contributed by atoms with E-state index in [4.69, 9.17) is 4.74 Å². The fraction of sp³-hybridized carbons (Fsp3) is 0.316. The lowest BCUT2D eigenvalue weighted by molar-refractivity contribution is -0.384. The molecular weight excluding hydrogens is 334 g/mol. The molecule has 138 valence electrons. The van der Waals surface area contributed by atoms with Crippen LogP contribution in [0.25, 0.3) is 0 Å². The maximum atomic E-state index is 11.8. The minimum absolute atomic E-state index is 0.0242. The van der Waals surface area contributed by atoms with Crippen LogP contribution in [0.2, 0.25) is 0 Å². The van der Waals surface area contributed by atoms with Gasteiger partial charge in [-0.3, -0.25) is 14.9 Å². The lowest BCUT2D eigenvalue weighted by atomic mass is 10.2. The fourth-order valence-electron chi connectivity index (χ4n) is 2.34. The number of rotatable bonds is 10. The van der Waals surface area contributed by atoms with Crippen LogP contribution in [0.15, 0.2) is 48.5 Å². The van der Waals surface area contributed by atoms with E-state index in [0.717, 1.165) is 17.0 Å². The smallest absolute Gasteiger partial charge is 0.269 e. The van der Waals surface area contributed by atoms with E-state index in [0.29, 0.717) is 32.5 Å². The number of nitrogens with zero attached hydrogens (tertiary/aromatic N) is 1. The van der Waals surface area contributed by atoms with Crippen LogP contribution in [-0.2, 0) is 4.79 Å². The Hall–Kier alpha value is -3.09. The van der Waals surface area contributed by atoms with Crippen molar-refractivity contribution in [2.75, 3.05) is 25.0 Å². The Balaban J connectivity index is 1.56. The van der Waals surface area contributed by atoms with Crippen LogP contribution >= 0.6 is 0 Å². The van der Waals surface area contributed by atoms with E-state index in [-0.39, 0.29) is 11.6 Å². The SMILES string of the molecule is Cc1ccccc1OCCNC(=O)CCCNc1ccc([N+](=O)[O-])cc1. The lowest BCUT2D eigenvalue weighted by Crippen LogP contribution is -2.28. The molecule has 0 unspecified atom stereocenters. The highest BCUT2D eigenvalue weighted by Gasteiger charge is 2.04. The molecule has 0 spiro atoms. The molecule has 0 aromatic heterocycles. The maximum absolute atomic E-state index is 11.8. The van der Waals surface area contributed by atoms with Crippen molar-refractivity contribution in [3.05, 3.63) is 64.2 Å². The van der Waals surface area contributed by atoms with E-state index in [1.807, 2.05) is 31.2 Å². The molecule has 0 heterocycles. The summed E-state index contributed by atoms with van der Waals surface area (Å²) in [6.45, 7) is 3.48. The second kappa shape index (κ2) is 10.0. The summed E-state index contributed by atoms with van der Waals surface area (Å²) in [4.78, 5) is 21.9. The van der Waals surface area contributed by atoms with Crippen LogP contribution in [0.3, 0.4) is 0 Å². The molecule has 0 bridgehead atoms. The van der Waals surface area contributed by atoms with Gasteiger partial charge in [-0.1, -0.05) is 18.2 Å². The number of amides is 1. The summed E-state index contributed by atoms with van der Waals surface area (Å²) in [5, 5.41) is 16.5. The van der Waals surface area contributed by atoms with E-state index >= 15 is 0 Å². The summed E-state index contributed by atoms with van der Waals surface area (Å²) in [5.74, 6) is 0.804. The van der Waals surface area contributed by atoms with Gasteiger partial charge in [-0.15, -0.1) is 0 Å². The van der Waals surface area contributed by atoms with E-state index < -0.39 is 4.92 Å². The van der Waals surface area contributed by atoms with Crippen LogP contribution in [0, 0.1) is 17.0 Å². The number of aryl methyl sites for hydroxylation is 1. The summed E-state index contributed by atoms with van der Waals surface area (Å²) < 4.78 is 5.62. The minimum atomic E-state index is -0.434. The van der Waals surface area contributed by atoms with Gasteiger partial charge >= 0.3 is 0 Å². The molecule has 7 nitrogen and oxygen atoms in total. The second-order valence-electron chi connectivity index (χ2n) is 5.80. The van der Waals surface area contributed by atoms with Crippen molar-refractivity contribution < 1.29 is 14.5 Å². The number of nitrogens with one attached hydrogen (secondary N) is 2. The molecule has 0 aliphatic carbocycles. The number of para-hydroxylation sites is 1. The molecule has 0 radical (unpaired) electrons. The zero-order valence-electron chi connectivity index (χ0n) is 14.7. The van der Waals surface area contributed by atoms with Crippen molar-refractivity contribution in [1.82, 2.24) is 5.32 Å². The number of carbonyl (C=O) groups excluding carboxylic acids is 1. The van der Waals surface area contributed by atoms with E-state index in [1.165, 1.54) is 12.1 Å². The fourth-order valence-corrected chi connectivity index (χ4v) is 2.34. The first-order valence-corrected chi connectivity index (χ1v) is 8.50. The van der Waals surface area contributed by atoms with Crippen molar-refractivity contribution in [2.24, 2.45) is 0 Å². The average Bonchev–Trinajstić information content (AvgIpc) is 2.64. The number of benzene rings is 2. The van der Waals surface area contributed by atoms with Gasteiger partial charge in [0.15, 0.2) is 0 Å². The van der Waals surface area contributed by atoms with E-state index in [2.05, 4.69) is 10.6 Å². The van der Waals surface area contributed by atoms with Gasteiger partial charge in [0.05, 0.1) is 11.5 Å². The highest BCUT2D eigenvalue weighted by atomic mass is 16.6. The Morgan fingerprint density at radius 2 is 1.85 bits per heavy atom. The third-order valence-electron chi connectivity index (χ3n) is 3.76. The van der Waals surface area contributed by atoms with Crippen LogP contribution in [-0.4, -0.2) is 30.5 Å². The van der Waals surface area contributed by atoms with Crippen LogP contribution in [0.1, 0.15) is 18.4 Å². The third kappa shape index (κ3) is 6.43. The summed E-state index contributed by atoms with van der Waals surface area (Å²) in [6.07, 6.45) is 1.08. The van der Waals surface area contributed by atoms with Crippen molar-refractivity contribution in [2.45, 2.75) is 19.8 Å². The predicted molar refractivity (Wildman–Crippen MR) is 101 cm³/mol. The van der Waals surface area contributed by atoms with Gasteiger partial charge in [0.2, 0.25) is 5.91 Å². The number of non-ortho nitro benzene ring substituents is 1. The van der Waals surface area contributed by atoms with E-state index in [9.17, 15) is 14.9 Å². The van der Waals surface area contributed by atoms with Crippen LogP contribution in [0.4, 0.5) is 11.4 Å². The molecule has 2 N–H and O–H groups in total. The first-order chi connectivity index (χ1) is 12.6. The molecule has 26 heavy (non-hydrogen) atoms. The molecule has 0 fully saturated rings. The van der Waals surface area contributed by atoms with Gasteiger partial charge in [-0.25, -0.2) is 0 Å². The van der Waals surface area contributed by atoms with Crippen molar-refractivity contribution in [3.63, 3.8) is 0 Å². The van der Waals surface area contributed by atoms with Gasteiger partial charge < -0.3 is 15.4 Å². The van der Waals surface area contributed by atoms with Gasteiger partial charge in [0.1, 0.15) is 12.4 Å². The Kier molecular flexibility index (Phi) is 7.42. The van der Waals surface area contributed by atoms with Crippen LogP contribution in [0.5, 0.6) is 5.75 Å². The monoisotopic (exact) mass is 357 g/mol. The third-order valence-corrected chi connectivity index (χ3v) is 3.76. The standard InChI is InChI=1S/C19H23N3O4/c1-15-5-2-3-6-18(15)26-14-13-21-19(23)7-4-12-20-16-8-10-17(11-9-16)22(24)25/h2-3,5-6,8-11,20H,4,7,12-14H2,1H3,(H,21,23). The molecular formula is C19H23N3O4. The zero-order chi connectivity index (χ0) is 18.8. The summed E-state index contributed by atoms with van der Waals surface area (Å²) in [5.41, 5.74) is 1.92. The highest BCUT2D eigenvalue weighted by Crippen LogP contribution is 2.16.